The SMILES string of the molecule is CCCCCCCCCCCCc1ccc(/N=N/c2ccc(O)cc2)cc1. The van der Waals surface area contributed by atoms with Gasteiger partial charge in [0, 0.05) is 0 Å². The molecule has 0 radical (unpaired) electrons. The zero-order valence-corrected chi connectivity index (χ0v) is 16.7. The number of rotatable bonds is 13. The fourth-order valence-electron chi connectivity index (χ4n) is 3.18. The molecule has 3 heteroatoms. The van der Waals surface area contributed by atoms with Gasteiger partial charge in [0.15, 0.2) is 0 Å². The number of phenols is 1. The van der Waals surface area contributed by atoms with Crippen LogP contribution < -0.4 is 0 Å². The molecule has 2 aromatic rings. The van der Waals surface area contributed by atoms with Crippen molar-refractivity contribution in [2.75, 3.05) is 0 Å². The topological polar surface area (TPSA) is 45.0 Å². The standard InChI is InChI=1S/C24H34N2O/c1-2-3-4-5-6-7-8-9-10-11-12-21-13-15-22(16-14-21)25-26-23-17-19-24(27)20-18-23/h13-20,27H,2-12H2,1H3/b26-25+. The molecule has 146 valence electrons. The molecule has 0 aliphatic carbocycles. The molecule has 0 spiro atoms. The summed E-state index contributed by atoms with van der Waals surface area (Å²) in [7, 11) is 0. The Kier molecular flexibility index (Phi) is 10.2. The number of aromatic hydroxyl groups is 1. The van der Waals surface area contributed by atoms with Crippen LogP contribution in [0.15, 0.2) is 58.8 Å². The minimum atomic E-state index is 0.241. The highest BCUT2D eigenvalue weighted by Crippen LogP contribution is 2.21. The molecular formula is C24H34N2O. The maximum absolute atomic E-state index is 9.27. The Morgan fingerprint density at radius 2 is 1.04 bits per heavy atom. The molecule has 0 aliphatic heterocycles. The molecule has 0 heterocycles. The molecule has 0 atom stereocenters. The lowest BCUT2D eigenvalue weighted by atomic mass is 10.0. The monoisotopic (exact) mass is 366 g/mol. The van der Waals surface area contributed by atoms with E-state index in [1.165, 1.54) is 69.8 Å². The summed E-state index contributed by atoms with van der Waals surface area (Å²) in [5, 5.41) is 17.7. The largest absolute Gasteiger partial charge is 0.508 e. The number of hydrogen-bond acceptors (Lipinski definition) is 3. The molecule has 2 aromatic carbocycles. The maximum Gasteiger partial charge on any atom is 0.115 e. The summed E-state index contributed by atoms with van der Waals surface area (Å²) in [5.74, 6) is 0.241. The zero-order valence-electron chi connectivity index (χ0n) is 16.7. The van der Waals surface area contributed by atoms with Gasteiger partial charge in [0.2, 0.25) is 0 Å². The van der Waals surface area contributed by atoms with Gasteiger partial charge in [0.25, 0.3) is 0 Å². The molecule has 0 saturated heterocycles. The zero-order chi connectivity index (χ0) is 19.2. The van der Waals surface area contributed by atoms with Crippen molar-refractivity contribution in [3.8, 4) is 5.75 Å². The molecule has 0 saturated carbocycles. The van der Waals surface area contributed by atoms with Crippen LogP contribution in [0.5, 0.6) is 5.75 Å². The molecule has 0 aliphatic rings. The highest BCUT2D eigenvalue weighted by molar-refractivity contribution is 5.42. The molecule has 0 aromatic heterocycles. The van der Waals surface area contributed by atoms with Crippen molar-refractivity contribution in [2.24, 2.45) is 10.2 Å². The summed E-state index contributed by atoms with van der Waals surface area (Å²) in [6.07, 6.45) is 14.9. The predicted octanol–water partition coefficient (Wildman–Crippen LogP) is 8.27. The van der Waals surface area contributed by atoms with E-state index < -0.39 is 0 Å². The third-order valence-corrected chi connectivity index (χ3v) is 4.89. The van der Waals surface area contributed by atoms with Crippen LogP contribution in [0, 0.1) is 0 Å². The van der Waals surface area contributed by atoms with Crippen LogP contribution in [0.25, 0.3) is 0 Å². The Morgan fingerprint density at radius 1 is 0.593 bits per heavy atom. The average Bonchev–Trinajstić information content (AvgIpc) is 2.70. The first-order valence-corrected chi connectivity index (χ1v) is 10.6. The second-order valence-corrected chi connectivity index (χ2v) is 7.31. The van der Waals surface area contributed by atoms with E-state index in [-0.39, 0.29) is 5.75 Å². The minimum absolute atomic E-state index is 0.241. The smallest absolute Gasteiger partial charge is 0.115 e. The third kappa shape index (κ3) is 9.37. The number of nitrogens with zero attached hydrogens (tertiary/aromatic N) is 2. The summed E-state index contributed by atoms with van der Waals surface area (Å²) in [6.45, 7) is 2.27. The Labute approximate surface area is 164 Å². The highest BCUT2D eigenvalue weighted by Gasteiger charge is 1.97. The van der Waals surface area contributed by atoms with Gasteiger partial charge >= 0.3 is 0 Å². The van der Waals surface area contributed by atoms with E-state index in [0.29, 0.717) is 0 Å². The van der Waals surface area contributed by atoms with Crippen LogP contribution in [0.1, 0.15) is 76.7 Å². The predicted molar refractivity (Wildman–Crippen MR) is 114 cm³/mol. The van der Waals surface area contributed by atoms with Crippen molar-refractivity contribution < 1.29 is 5.11 Å². The van der Waals surface area contributed by atoms with Crippen LogP contribution in [-0.2, 0) is 6.42 Å². The van der Waals surface area contributed by atoms with E-state index in [9.17, 15) is 5.11 Å². The van der Waals surface area contributed by atoms with Crippen molar-refractivity contribution in [1.82, 2.24) is 0 Å². The molecule has 0 amide bonds. The maximum atomic E-state index is 9.27. The minimum Gasteiger partial charge on any atom is -0.508 e. The van der Waals surface area contributed by atoms with E-state index in [1.807, 2.05) is 12.1 Å². The van der Waals surface area contributed by atoms with Crippen LogP contribution in [0.3, 0.4) is 0 Å². The molecule has 0 fully saturated rings. The van der Waals surface area contributed by atoms with Crippen LogP contribution >= 0.6 is 0 Å². The second-order valence-electron chi connectivity index (χ2n) is 7.31. The third-order valence-electron chi connectivity index (χ3n) is 4.89. The molecular weight excluding hydrogens is 332 g/mol. The van der Waals surface area contributed by atoms with Gasteiger partial charge in [-0.1, -0.05) is 76.8 Å². The summed E-state index contributed by atoms with van der Waals surface area (Å²) in [5.41, 5.74) is 2.97. The van der Waals surface area contributed by atoms with Gasteiger partial charge in [-0.2, -0.15) is 10.2 Å². The van der Waals surface area contributed by atoms with Gasteiger partial charge in [-0.15, -0.1) is 0 Å². The van der Waals surface area contributed by atoms with E-state index in [0.717, 1.165) is 17.8 Å². The molecule has 0 unspecified atom stereocenters. The lowest BCUT2D eigenvalue weighted by molar-refractivity contribution is 0.475. The van der Waals surface area contributed by atoms with Gasteiger partial charge < -0.3 is 5.11 Å². The van der Waals surface area contributed by atoms with Crippen molar-refractivity contribution in [2.45, 2.75) is 77.6 Å². The van der Waals surface area contributed by atoms with Crippen LogP contribution in [-0.4, -0.2) is 5.11 Å². The lowest BCUT2D eigenvalue weighted by Gasteiger charge is -2.03. The van der Waals surface area contributed by atoms with E-state index in [2.05, 4.69) is 29.3 Å². The number of hydrogen-bond donors (Lipinski definition) is 1. The fraction of sp³-hybridized carbons (Fsp3) is 0.500. The van der Waals surface area contributed by atoms with Crippen LogP contribution in [0.4, 0.5) is 11.4 Å². The van der Waals surface area contributed by atoms with E-state index in [1.54, 1.807) is 24.3 Å². The van der Waals surface area contributed by atoms with Crippen molar-refractivity contribution in [3.63, 3.8) is 0 Å². The van der Waals surface area contributed by atoms with Crippen molar-refractivity contribution >= 4 is 11.4 Å². The number of phenolic OH excluding ortho intramolecular Hbond substituents is 1. The summed E-state index contributed by atoms with van der Waals surface area (Å²) < 4.78 is 0. The first-order chi connectivity index (χ1) is 13.3. The Balaban J connectivity index is 1.58. The Morgan fingerprint density at radius 3 is 1.56 bits per heavy atom. The number of benzene rings is 2. The quantitative estimate of drug-likeness (QED) is 0.281. The normalized spacial score (nSPS) is 11.3. The summed E-state index contributed by atoms with van der Waals surface area (Å²) >= 11 is 0. The summed E-state index contributed by atoms with van der Waals surface area (Å²) in [4.78, 5) is 0. The van der Waals surface area contributed by atoms with Gasteiger partial charge in [-0.3, -0.25) is 0 Å². The Bertz CT molecular complexity index is 647. The average molecular weight is 367 g/mol. The molecule has 2 rings (SSSR count). The second kappa shape index (κ2) is 13.1. The van der Waals surface area contributed by atoms with Gasteiger partial charge in [-0.05, 0) is 54.8 Å². The molecule has 0 bridgehead atoms. The van der Waals surface area contributed by atoms with E-state index >= 15 is 0 Å². The Hall–Kier alpha value is -2.16. The molecule has 3 nitrogen and oxygen atoms in total. The van der Waals surface area contributed by atoms with Crippen molar-refractivity contribution in [1.29, 1.82) is 0 Å². The molecule has 27 heavy (non-hydrogen) atoms. The summed E-state index contributed by atoms with van der Waals surface area (Å²) in [6, 6.07) is 15.1. The van der Waals surface area contributed by atoms with Crippen LogP contribution in [0.2, 0.25) is 0 Å². The van der Waals surface area contributed by atoms with E-state index in [4.69, 9.17) is 0 Å². The van der Waals surface area contributed by atoms with Gasteiger partial charge in [-0.25, -0.2) is 0 Å². The number of aryl methyl sites for hydroxylation is 1. The van der Waals surface area contributed by atoms with Gasteiger partial charge in [0.1, 0.15) is 5.75 Å². The number of azo groups is 1. The first-order valence-electron chi connectivity index (χ1n) is 10.6. The van der Waals surface area contributed by atoms with Gasteiger partial charge in [0.05, 0.1) is 11.4 Å². The molecule has 1 N–H and O–H groups in total. The number of unbranched alkanes of at least 4 members (excludes halogenated alkanes) is 9. The van der Waals surface area contributed by atoms with Crippen molar-refractivity contribution in [3.05, 3.63) is 54.1 Å². The lowest BCUT2D eigenvalue weighted by Crippen LogP contribution is -1.86. The first kappa shape index (κ1) is 21.1. The fourth-order valence-corrected chi connectivity index (χ4v) is 3.18. The highest BCUT2D eigenvalue weighted by atomic mass is 16.3.